The van der Waals surface area contributed by atoms with E-state index in [9.17, 15) is 13.2 Å². The summed E-state index contributed by atoms with van der Waals surface area (Å²) in [6, 6.07) is 3.75. The maximum absolute atomic E-state index is 12.1. The maximum atomic E-state index is 12.1. The topological polar surface area (TPSA) is 47.6 Å². The number of para-hydroxylation sites is 1. The quantitative estimate of drug-likeness (QED) is 0.525. The Kier molecular flexibility index (Phi) is 4.47. The average molecular weight is 287 g/mol. The van der Waals surface area contributed by atoms with Crippen molar-refractivity contribution in [1.29, 1.82) is 0 Å². The van der Waals surface area contributed by atoms with Gasteiger partial charge in [-0.2, -0.15) is 0 Å². The van der Waals surface area contributed by atoms with Gasteiger partial charge in [-0.25, -0.2) is 4.99 Å². The fourth-order valence-corrected chi connectivity index (χ4v) is 1.25. The van der Waals surface area contributed by atoms with Crippen LogP contribution in [0.5, 0.6) is 5.75 Å². The van der Waals surface area contributed by atoms with Crippen molar-refractivity contribution >= 4 is 34.7 Å². The molecule has 0 aliphatic heterocycles. The molecule has 0 saturated carbocycles. The van der Waals surface area contributed by atoms with E-state index in [2.05, 4.69) is 9.73 Å². The molecule has 0 bridgehead atoms. The summed E-state index contributed by atoms with van der Waals surface area (Å²) in [5, 5.41) is -0.0141. The number of nitrogens with two attached hydrogens (primary N) is 1. The predicted octanol–water partition coefficient (Wildman–Crippen LogP) is 3.47. The highest BCUT2D eigenvalue weighted by atomic mass is 35.5. The summed E-state index contributed by atoms with van der Waals surface area (Å²) < 4.78 is 40.1. The first-order chi connectivity index (χ1) is 7.83. The Morgan fingerprint density at radius 3 is 2.59 bits per heavy atom. The normalized spacial score (nSPS) is 12.6. The van der Waals surface area contributed by atoms with Crippen molar-refractivity contribution in [3.63, 3.8) is 0 Å². The van der Waals surface area contributed by atoms with Crippen LogP contribution in [-0.4, -0.2) is 18.1 Å². The highest BCUT2D eigenvalue weighted by Gasteiger charge is 2.32. The van der Waals surface area contributed by atoms with Crippen molar-refractivity contribution in [3.8, 4) is 5.75 Å². The van der Waals surface area contributed by atoms with Crippen LogP contribution in [0.3, 0.4) is 0 Å². The van der Waals surface area contributed by atoms with Crippen LogP contribution in [0.15, 0.2) is 23.2 Å². The summed E-state index contributed by atoms with van der Waals surface area (Å²) >= 11 is 11.1. The zero-order valence-electron chi connectivity index (χ0n) is 8.26. The van der Waals surface area contributed by atoms with E-state index in [1.807, 2.05) is 0 Å². The van der Waals surface area contributed by atoms with Crippen molar-refractivity contribution in [2.24, 2.45) is 10.7 Å². The van der Waals surface area contributed by atoms with Gasteiger partial charge in [0, 0.05) is 0 Å². The Labute approximate surface area is 105 Å². The Hall–Kier alpha value is -1.14. The second-order valence-electron chi connectivity index (χ2n) is 2.87. The number of aliphatic imine (C=N–C) groups is 1. The summed E-state index contributed by atoms with van der Waals surface area (Å²) in [6.07, 6.45) is -4.83. The van der Waals surface area contributed by atoms with Crippen LogP contribution in [0.1, 0.15) is 0 Å². The minimum absolute atomic E-state index is 0.0141. The number of amidine groups is 1. The molecule has 0 amide bonds. The number of hydrogen-bond donors (Lipinski definition) is 1. The Bertz CT molecular complexity index is 435. The molecule has 0 unspecified atom stereocenters. The first-order valence-electron chi connectivity index (χ1n) is 4.26. The lowest BCUT2D eigenvalue weighted by atomic mass is 10.3. The van der Waals surface area contributed by atoms with Gasteiger partial charge in [-0.3, -0.25) is 0 Å². The van der Waals surface area contributed by atoms with Gasteiger partial charge in [0.1, 0.15) is 11.5 Å². The fraction of sp³-hybridized carbons (Fsp3) is 0.222. The highest BCUT2D eigenvalue weighted by molar-refractivity contribution is 6.33. The van der Waals surface area contributed by atoms with Gasteiger partial charge < -0.3 is 10.5 Å². The molecule has 0 saturated heterocycles. The number of rotatable bonds is 3. The standard InChI is InChI=1S/C9H7Cl2F3N2O/c10-4-7(15)16-8-5(11)2-1-3-6(8)17-9(12,13)14/h1-3H,4H2,(H2,15,16). The Balaban J connectivity index is 3.18. The van der Waals surface area contributed by atoms with Gasteiger partial charge in [0.2, 0.25) is 0 Å². The molecule has 0 spiro atoms. The third kappa shape index (κ3) is 4.32. The summed E-state index contributed by atoms with van der Waals surface area (Å²) in [6.45, 7) is 0. The minimum atomic E-state index is -4.83. The van der Waals surface area contributed by atoms with E-state index < -0.39 is 12.1 Å². The lowest BCUT2D eigenvalue weighted by molar-refractivity contribution is -0.274. The van der Waals surface area contributed by atoms with Gasteiger partial charge >= 0.3 is 6.36 Å². The largest absolute Gasteiger partial charge is 0.573 e. The second kappa shape index (κ2) is 5.46. The number of benzene rings is 1. The molecule has 0 aliphatic rings. The Morgan fingerprint density at radius 1 is 1.41 bits per heavy atom. The first-order valence-corrected chi connectivity index (χ1v) is 5.18. The SMILES string of the molecule is NC(CCl)=Nc1c(Cl)cccc1OC(F)(F)F. The minimum Gasteiger partial charge on any atom is -0.403 e. The molecule has 94 valence electrons. The first kappa shape index (κ1) is 13.9. The summed E-state index contributed by atoms with van der Waals surface area (Å²) in [4.78, 5) is 3.67. The van der Waals surface area contributed by atoms with Crippen LogP contribution in [0.4, 0.5) is 18.9 Å². The van der Waals surface area contributed by atoms with E-state index in [0.717, 1.165) is 6.07 Å². The van der Waals surface area contributed by atoms with Crippen molar-refractivity contribution in [2.45, 2.75) is 6.36 Å². The van der Waals surface area contributed by atoms with Crippen LogP contribution >= 0.6 is 23.2 Å². The van der Waals surface area contributed by atoms with E-state index >= 15 is 0 Å². The number of halogens is 5. The van der Waals surface area contributed by atoms with Crippen LogP contribution in [0.25, 0.3) is 0 Å². The van der Waals surface area contributed by atoms with Crippen LogP contribution in [0, 0.1) is 0 Å². The molecule has 0 heterocycles. The molecule has 2 N–H and O–H groups in total. The lowest BCUT2D eigenvalue weighted by Crippen LogP contribution is -2.18. The van der Waals surface area contributed by atoms with Gasteiger partial charge in [-0.1, -0.05) is 17.7 Å². The lowest BCUT2D eigenvalue weighted by Gasteiger charge is -2.12. The van der Waals surface area contributed by atoms with Gasteiger partial charge in [0.15, 0.2) is 5.75 Å². The third-order valence-corrected chi connectivity index (χ3v) is 2.15. The molecular weight excluding hydrogens is 280 g/mol. The maximum Gasteiger partial charge on any atom is 0.573 e. The van der Waals surface area contributed by atoms with Crippen molar-refractivity contribution in [1.82, 2.24) is 0 Å². The summed E-state index contributed by atoms with van der Waals surface area (Å²) in [5.74, 6) is -0.721. The molecule has 1 aromatic carbocycles. The monoisotopic (exact) mass is 286 g/mol. The van der Waals surface area contributed by atoms with E-state index in [-0.39, 0.29) is 22.4 Å². The second-order valence-corrected chi connectivity index (χ2v) is 3.55. The molecule has 17 heavy (non-hydrogen) atoms. The Morgan fingerprint density at radius 2 is 2.06 bits per heavy atom. The third-order valence-electron chi connectivity index (χ3n) is 1.57. The van der Waals surface area contributed by atoms with E-state index in [0.29, 0.717) is 0 Å². The van der Waals surface area contributed by atoms with Crippen LogP contribution < -0.4 is 10.5 Å². The van der Waals surface area contributed by atoms with E-state index in [1.54, 1.807) is 0 Å². The van der Waals surface area contributed by atoms with Crippen molar-refractivity contribution in [3.05, 3.63) is 23.2 Å². The zero-order valence-corrected chi connectivity index (χ0v) is 9.77. The fourth-order valence-electron chi connectivity index (χ4n) is 0.985. The van der Waals surface area contributed by atoms with Gasteiger partial charge in [0.25, 0.3) is 0 Å². The zero-order chi connectivity index (χ0) is 13.1. The molecule has 0 fully saturated rings. The van der Waals surface area contributed by atoms with Gasteiger partial charge in [-0.15, -0.1) is 24.8 Å². The smallest absolute Gasteiger partial charge is 0.403 e. The predicted molar refractivity (Wildman–Crippen MR) is 60.1 cm³/mol. The summed E-state index contributed by atoms with van der Waals surface area (Å²) in [5.41, 5.74) is 5.13. The molecule has 0 aromatic heterocycles. The molecule has 1 aromatic rings. The number of hydrogen-bond acceptors (Lipinski definition) is 2. The van der Waals surface area contributed by atoms with E-state index in [1.165, 1.54) is 12.1 Å². The van der Waals surface area contributed by atoms with Crippen LogP contribution in [0.2, 0.25) is 5.02 Å². The number of alkyl halides is 4. The van der Waals surface area contributed by atoms with Crippen molar-refractivity contribution < 1.29 is 17.9 Å². The molecule has 8 heteroatoms. The molecule has 0 radical (unpaired) electrons. The highest BCUT2D eigenvalue weighted by Crippen LogP contribution is 2.37. The molecular formula is C9H7Cl2F3N2O. The van der Waals surface area contributed by atoms with Gasteiger partial charge in [0.05, 0.1) is 10.9 Å². The van der Waals surface area contributed by atoms with E-state index in [4.69, 9.17) is 28.9 Å². The number of ether oxygens (including phenoxy) is 1. The van der Waals surface area contributed by atoms with Crippen molar-refractivity contribution in [2.75, 3.05) is 5.88 Å². The molecule has 3 nitrogen and oxygen atoms in total. The summed E-state index contributed by atoms with van der Waals surface area (Å²) in [7, 11) is 0. The molecule has 0 atom stereocenters. The number of nitrogens with zero attached hydrogens (tertiary/aromatic N) is 1. The molecule has 1 rings (SSSR count). The molecule has 0 aliphatic carbocycles. The average Bonchev–Trinajstić information content (AvgIpc) is 2.20. The van der Waals surface area contributed by atoms with Crippen LogP contribution in [-0.2, 0) is 0 Å². The van der Waals surface area contributed by atoms with Gasteiger partial charge in [-0.05, 0) is 12.1 Å².